The van der Waals surface area contributed by atoms with Crippen LogP contribution < -0.4 is 4.74 Å². The Labute approximate surface area is 166 Å². The molecule has 1 aromatic carbocycles. The number of carbonyl (C=O) groups excluding carboxylic acids is 1. The molecule has 1 aliphatic rings. The molecule has 0 unspecified atom stereocenters. The fraction of sp³-hybridized carbons (Fsp3) is 0.524. The van der Waals surface area contributed by atoms with Crippen molar-refractivity contribution in [3.63, 3.8) is 0 Å². The highest BCUT2D eigenvalue weighted by molar-refractivity contribution is 7.09. The molecule has 2 heterocycles. The zero-order chi connectivity index (χ0) is 19.4. The van der Waals surface area contributed by atoms with Gasteiger partial charge in [-0.15, -0.1) is 11.3 Å². The van der Waals surface area contributed by atoms with E-state index in [1.807, 2.05) is 49.9 Å². The predicted molar refractivity (Wildman–Crippen MR) is 109 cm³/mol. The third kappa shape index (κ3) is 5.53. The number of hydrogen-bond donors (Lipinski definition) is 0. The summed E-state index contributed by atoms with van der Waals surface area (Å²) in [5, 5.41) is 3.10. The maximum atomic E-state index is 12.4. The van der Waals surface area contributed by atoms with Crippen LogP contribution in [0.5, 0.6) is 5.75 Å². The summed E-state index contributed by atoms with van der Waals surface area (Å²) in [4.78, 5) is 21.4. The minimum atomic E-state index is -0.302. The SMILES string of the molecule is Cc1ccc(OCc2nc(CN3CCN(C(=O)C(C)(C)C)CC3)cs2)cc1. The molecule has 1 fully saturated rings. The summed E-state index contributed by atoms with van der Waals surface area (Å²) in [6, 6.07) is 8.07. The van der Waals surface area contributed by atoms with Gasteiger partial charge in [-0.2, -0.15) is 0 Å². The van der Waals surface area contributed by atoms with Crippen LogP contribution in [0, 0.1) is 12.3 Å². The number of carbonyl (C=O) groups is 1. The Kier molecular flexibility index (Phi) is 6.17. The van der Waals surface area contributed by atoms with Crippen molar-refractivity contribution in [2.75, 3.05) is 26.2 Å². The first kappa shape index (κ1) is 19.8. The molecule has 0 saturated carbocycles. The summed E-state index contributed by atoms with van der Waals surface area (Å²) in [7, 11) is 0. The van der Waals surface area contributed by atoms with E-state index in [4.69, 9.17) is 9.72 Å². The van der Waals surface area contributed by atoms with Crippen molar-refractivity contribution in [1.82, 2.24) is 14.8 Å². The highest BCUT2D eigenvalue weighted by Crippen LogP contribution is 2.20. The molecule has 6 heteroatoms. The standard InChI is InChI=1S/C21H29N3O2S/c1-16-5-7-18(8-6-16)26-14-19-22-17(15-27-19)13-23-9-11-24(12-10-23)20(25)21(2,3)4/h5-8,15H,9-14H2,1-4H3. The molecular formula is C21H29N3O2S. The number of thiazole rings is 1. The van der Waals surface area contributed by atoms with Gasteiger partial charge in [0, 0.05) is 43.5 Å². The predicted octanol–water partition coefficient (Wildman–Crippen LogP) is 3.72. The first-order chi connectivity index (χ1) is 12.8. The van der Waals surface area contributed by atoms with E-state index in [-0.39, 0.29) is 11.3 Å². The lowest BCUT2D eigenvalue weighted by Gasteiger charge is -2.37. The Bertz CT molecular complexity index is 756. The number of benzene rings is 1. The minimum absolute atomic E-state index is 0.242. The summed E-state index contributed by atoms with van der Waals surface area (Å²) >= 11 is 1.64. The molecule has 0 N–H and O–H groups in total. The van der Waals surface area contributed by atoms with Crippen molar-refractivity contribution >= 4 is 17.2 Å². The Morgan fingerprint density at radius 2 is 1.81 bits per heavy atom. The van der Waals surface area contributed by atoms with Crippen molar-refractivity contribution in [3.8, 4) is 5.75 Å². The molecule has 0 atom stereocenters. The third-order valence-electron chi connectivity index (χ3n) is 4.67. The molecule has 1 aliphatic heterocycles. The zero-order valence-electron chi connectivity index (χ0n) is 16.7. The quantitative estimate of drug-likeness (QED) is 0.784. The summed E-state index contributed by atoms with van der Waals surface area (Å²) in [5.41, 5.74) is 2.00. The maximum absolute atomic E-state index is 12.4. The lowest BCUT2D eigenvalue weighted by Crippen LogP contribution is -2.51. The summed E-state index contributed by atoms with van der Waals surface area (Å²) < 4.78 is 5.81. The van der Waals surface area contributed by atoms with Crippen LogP contribution in [0.2, 0.25) is 0 Å². The smallest absolute Gasteiger partial charge is 0.228 e. The van der Waals surface area contributed by atoms with E-state index in [0.29, 0.717) is 6.61 Å². The van der Waals surface area contributed by atoms with Gasteiger partial charge in [-0.25, -0.2) is 4.98 Å². The van der Waals surface area contributed by atoms with Crippen molar-refractivity contribution in [2.45, 2.75) is 40.8 Å². The molecule has 0 bridgehead atoms. The number of amides is 1. The average molecular weight is 388 g/mol. The number of ether oxygens (including phenoxy) is 1. The van der Waals surface area contributed by atoms with Crippen LogP contribution in [0.1, 0.15) is 37.0 Å². The van der Waals surface area contributed by atoms with Crippen LogP contribution in [0.15, 0.2) is 29.6 Å². The average Bonchev–Trinajstić information content (AvgIpc) is 3.08. The first-order valence-electron chi connectivity index (χ1n) is 9.46. The van der Waals surface area contributed by atoms with Crippen LogP contribution in [0.25, 0.3) is 0 Å². The van der Waals surface area contributed by atoms with Gasteiger partial charge in [0.25, 0.3) is 0 Å². The van der Waals surface area contributed by atoms with Crippen LogP contribution in [-0.4, -0.2) is 46.9 Å². The molecule has 146 valence electrons. The number of aryl methyl sites for hydroxylation is 1. The molecular weight excluding hydrogens is 358 g/mol. The lowest BCUT2D eigenvalue weighted by atomic mass is 9.94. The Morgan fingerprint density at radius 3 is 2.44 bits per heavy atom. The van der Waals surface area contributed by atoms with Gasteiger partial charge in [-0.05, 0) is 19.1 Å². The monoisotopic (exact) mass is 387 g/mol. The van der Waals surface area contributed by atoms with Gasteiger partial charge in [-0.3, -0.25) is 9.69 Å². The fourth-order valence-electron chi connectivity index (χ4n) is 3.08. The van der Waals surface area contributed by atoms with Crippen LogP contribution >= 0.6 is 11.3 Å². The Balaban J connectivity index is 1.46. The summed E-state index contributed by atoms with van der Waals surface area (Å²) in [5.74, 6) is 1.11. The summed E-state index contributed by atoms with van der Waals surface area (Å²) in [6.07, 6.45) is 0. The van der Waals surface area contributed by atoms with Crippen LogP contribution in [0.3, 0.4) is 0 Å². The highest BCUT2D eigenvalue weighted by Gasteiger charge is 2.29. The second kappa shape index (κ2) is 8.40. The molecule has 2 aromatic rings. The van der Waals surface area contributed by atoms with Gasteiger partial charge in [0.2, 0.25) is 5.91 Å². The number of piperazine rings is 1. The largest absolute Gasteiger partial charge is 0.486 e. The number of aromatic nitrogens is 1. The van der Waals surface area contributed by atoms with Gasteiger partial charge in [0.1, 0.15) is 17.4 Å². The maximum Gasteiger partial charge on any atom is 0.228 e. The fourth-order valence-corrected chi connectivity index (χ4v) is 3.78. The van der Waals surface area contributed by atoms with Crippen LogP contribution in [-0.2, 0) is 17.9 Å². The normalized spacial score (nSPS) is 15.8. The molecule has 1 aromatic heterocycles. The molecule has 1 saturated heterocycles. The van der Waals surface area contributed by atoms with Gasteiger partial charge in [-0.1, -0.05) is 38.5 Å². The number of hydrogen-bond acceptors (Lipinski definition) is 5. The van der Waals surface area contributed by atoms with Crippen molar-refractivity contribution in [3.05, 3.63) is 45.9 Å². The molecule has 27 heavy (non-hydrogen) atoms. The first-order valence-corrected chi connectivity index (χ1v) is 10.3. The molecule has 0 aliphatic carbocycles. The Hall–Kier alpha value is -1.92. The topological polar surface area (TPSA) is 45.7 Å². The second-order valence-electron chi connectivity index (χ2n) is 8.15. The van der Waals surface area contributed by atoms with E-state index in [1.54, 1.807) is 11.3 Å². The van der Waals surface area contributed by atoms with Crippen molar-refractivity contribution < 1.29 is 9.53 Å². The third-order valence-corrected chi connectivity index (χ3v) is 5.54. The number of nitrogens with zero attached hydrogens (tertiary/aromatic N) is 3. The molecule has 0 spiro atoms. The zero-order valence-corrected chi connectivity index (χ0v) is 17.5. The van der Waals surface area contributed by atoms with E-state index in [1.165, 1.54) is 5.56 Å². The molecule has 0 radical (unpaired) electrons. The van der Waals surface area contributed by atoms with Crippen molar-refractivity contribution in [2.24, 2.45) is 5.41 Å². The number of rotatable bonds is 5. The Morgan fingerprint density at radius 1 is 1.15 bits per heavy atom. The molecule has 3 rings (SSSR count). The lowest BCUT2D eigenvalue weighted by molar-refractivity contribution is -0.141. The van der Waals surface area contributed by atoms with Gasteiger partial charge in [0.05, 0.1) is 5.69 Å². The molecule has 5 nitrogen and oxygen atoms in total. The molecule has 1 amide bonds. The van der Waals surface area contributed by atoms with E-state index in [2.05, 4.69) is 17.2 Å². The second-order valence-corrected chi connectivity index (χ2v) is 9.10. The van der Waals surface area contributed by atoms with E-state index in [9.17, 15) is 4.79 Å². The van der Waals surface area contributed by atoms with Crippen molar-refractivity contribution in [1.29, 1.82) is 0 Å². The van der Waals surface area contributed by atoms with Crippen LogP contribution in [0.4, 0.5) is 0 Å². The van der Waals surface area contributed by atoms with E-state index < -0.39 is 0 Å². The van der Waals surface area contributed by atoms with E-state index in [0.717, 1.165) is 49.2 Å². The minimum Gasteiger partial charge on any atom is -0.486 e. The highest BCUT2D eigenvalue weighted by atomic mass is 32.1. The summed E-state index contributed by atoms with van der Waals surface area (Å²) in [6.45, 7) is 12.7. The van der Waals surface area contributed by atoms with Gasteiger partial charge >= 0.3 is 0 Å². The van der Waals surface area contributed by atoms with E-state index >= 15 is 0 Å². The van der Waals surface area contributed by atoms with Gasteiger partial charge in [0.15, 0.2) is 0 Å². The van der Waals surface area contributed by atoms with Gasteiger partial charge < -0.3 is 9.64 Å².